The van der Waals surface area contributed by atoms with Crippen molar-refractivity contribution in [3.05, 3.63) is 71.9 Å². The molecule has 27 heavy (non-hydrogen) atoms. The Labute approximate surface area is 159 Å². The molecule has 2 N–H and O–H groups in total. The van der Waals surface area contributed by atoms with Gasteiger partial charge < -0.3 is 15.2 Å². The molecule has 3 rings (SSSR count). The standard InChI is InChI=1S/C22H25N3O2/c1-16(2)21(26)23-12-13-24-22(27)20-14-18-10-6-7-11-19(18)25(20)15-17-8-4-3-5-9-17/h3-11,14,16H,12-13,15H2,1-2H3,(H,23,26)(H,24,27). The van der Waals surface area contributed by atoms with Gasteiger partial charge in [-0.05, 0) is 17.7 Å². The molecular formula is C22H25N3O2. The molecule has 2 amide bonds. The summed E-state index contributed by atoms with van der Waals surface area (Å²) in [5, 5.41) is 6.75. The molecule has 0 fully saturated rings. The van der Waals surface area contributed by atoms with E-state index in [1.807, 2.05) is 66.9 Å². The highest BCUT2D eigenvalue weighted by atomic mass is 16.2. The number of aromatic nitrogens is 1. The number of carbonyl (C=O) groups is 2. The van der Waals surface area contributed by atoms with E-state index in [2.05, 4.69) is 22.8 Å². The third kappa shape index (κ3) is 4.56. The molecule has 0 radical (unpaired) electrons. The predicted octanol–water partition coefficient (Wildman–Crippen LogP) is 3.19. The van der Waals surface area contributed by atoms with Crippen LogP contribution in [0.25, 0.3) is 10.9 Å². The Balaban J connectivity index is 1.76. The van der Waals surface area contributed by atoms with Gasteiger partial charge in [0.25, 0.3) is 5.91 Å². The summed E-state index contributed by atoms with van der Waals surface area (Å²) in [4.78, 5) is 24.4. The SMILES string of the molecule is CC(C)C(=O)NCCNC(=O)c1cc2ccccc2n1Cc1ccccc1. The van der Waals surface area contributed by atoms with E-state index in [0.29, 0.717) is 25.3 Å². The van der Waals surface area contributed by atoms with Crippen molar-refractivity contribution in [2.24, 2.45) is 5.92 Å². The number of carbonyl (C=O) groups excluding carboxylic acids is 2. The van der Waals surface area contributed by atoms with Crippen LogP contribution in [0.15, 0.2) is 60.7 Å². The van der Waals surface area contributed by atoms with E-state index in [4.69, 9.17) is 0 Å². The molecule has 0 saturated heterocycles. The van der Waals surface area contributed by atoms with E-state index >= 15 is 0 Å². The molecule has 0 saturated carbocycles. The normalized spacial score (nSPS) is 10.9. The lowest BCUT2D eigenvalue weighted by atomic mass is 10.2. The number of nitrogens with one attached hydrogen (secondary N) is 2. The number of benzene rings is 2. The first-order valence-electron chi connectivity index (χ1n) is 9.24. The largest absolute Gasteiger partial charge is 0.354 e. The highest BCUT2D eigenvalue weighted by Gasteiger charge is 2.15. The summed E-state index contributed by atoms with van der Waals surface area (Å²) in [6.45, 7) is 5.12. The fourth-order valence-electron chi connectivity index (χ4n) is 2.99. The van der Waals surface area contributed by atoms with Gasteiger partial charge in [-0.25, -0.2) is 0 Å². The van der Waals surface area contributed by atoms with E-state index in [9.17, 15) is 9.59 Å². The number of hydrogen-bond acceptors (Lipinski definition) is 2. The van der Waals surface area contributed by atoms with Crippen molar-refractivity contribution in [3.63, 3.8) is 0 Å². The summed E-state index contributed by atoms with van der Waals surface area (Å²) in [7, 11) is 0. The van der Waals surface area contributed by atoms with Gasteiger partial charge in [0, 0.05) is 36.5 Å². The van der Waals surface area contributed by atoms with Crippen LogP contribution in [0.2, 0.25) is 0 Å². The smallest absolute Gasteiger partial charge is 0.268 e. The van der Waals surface area contributed by atoms with Crippen LogP contribution >= 0.6 is 0 Å². The quantitative estimate of drug-likeness (QED) is 0.633. The third-order valence-electron chi connectivity index (χ3n) is 4.46. The van der Waals surface area contributed by atoms with Gasteiger partial charge in [-0.15, -0.1) is 0 Å². The van der Waals surface area contributed by atoms with Gasteiger partial charge in [0.15, 0.2) is 0 Å². The Hall–Kier alpha value is -3.08. The monoisotopic (exact) mass is 363 g/mol. The zero-order valence-electron chi connectivity index (χ0n) is 15.7. The van der Waals surface area contributed by atoms with Gasteiger partial charge in [0.05, 0.1) is 0 Å². The molecule has 0 unspecified atom stereocenters. The van der Waals surface area contributed by atoms with Crippen molar-refractivity contribution in [1.82, 2.24) is 15.2 Å². The zero-order chi connectivity index (χ0) is 19.2. The molecule has 140 valence electrons. The molecule has 0 bridgehead atoms. The minimum Gasteiger partial charge on any atom is -0.354 e. The number of rotatable bonds is 7. The summed E-state index contributed by atoms with van der Waals surface area (Å²) >= 11 is 0. The minimum absolute atomic E-state index is 0.0116. The fraction of sp³-hybridized carbons (Fsp3) is 0.273. The summed E-state index contributed by atoms with van der Waals surface area (Å²) in [6, 6.07) is 20.0. The molecule has 0 aliphatic heterocycles. The lowest BCUT2D eigenvalue weighted by Crippen LogP contribution is -2.37. The van der Waals surface area contributed by atoms with Gasteiger partial charge in [-0.2, -0.15) is 0 Å². The Morgan fingerprint density at radius 1 is 0.926 bits per heavy atom. The molecule has 0 aliphatic rings. The Bertz CT molecular complexity index is 929. The van der Waals surface area contributed by atoms with Crippen LogP contribution in [-0.2, 0) is 11.3 Å². The molecular weight excluding hydrogens is 338 g/mol. The second kappa shape index (κ2) is 8.54. The van der Waals surface area contributed by atoms with E-state index in [1.165, 1.54) is 0 Å². The first kappa shape index (κ1) is 18.7. The van der Waals surface area contributed by atoms with Crippen LogP contribution < -0.4 is 10.6 Å². The number of nitrogens with zero attached hydrogens (tertiary/aromatic N) is 1. The molecule has 5 heteroatoms. The number of para-hydroxylation sites is 1. The zero-order valence-corrected chi connectivity index (χ0v) is 15.7. The molecule has 1 heterocycles. The highest BCUT2D eigenvalue weighted by molar-refractivity contribution is 5.98. The topological polar surface area (TPSA) is 63.1 Å². The Morgan fingerprint density at radius 2 is 1.59 bits per heavy atom. The van der Waals surface area contributed by atoms with Crippen LogP contribution in [0.1, 0.15) is 29.9 Å². The van der Waals surface area contributed by atoms with Gasteiger partial charge in [0.1, 0.15) is 5.69 Å². The van der Waals surface area contributed by atoms with Crippen molar-refractivity contribution in [3.8, 4) is 0 Å². The minimum atomic E-state index is -0.138. The van der Waals surface area contributed by atoms with Crippen LogP contribution in [0.5, 0.6) is 0 Å². The molecule has 1 aromatic heterocycles. The van der Waals surface area contributed by atoms with Crippen molar-refractivity contribution < 1.29 is 9.59 Å². The number of amides is 2. The third-order valence-corrected chi connectivity index (χ3v) is 4.46. The lowest BCUT2D eigenvalue weighted by molar-refractivity contribution is -0.123. The van der Waals surface area contributed by atoms with E-state index in [0.717, 1.165) is 16.5 Å². The van der Waals surface area contributed by atoms with Crippen molar-refractivity contribution in [2.45, 2.75) is 20.4 Å². The maximum Gasteiger partial charge on any atom is 0.268 e. The molecule has 5 nitrogen and oxygen atoms in total. The second-order valence-corrected chi connectivity index (χ2v) is 6.86. The molecule has 0 spiro atoms. The first-order chi connectivity index (χ1) is 13.1. The van der Waals surface area contributed by atoms with Crippen LogP contribution in [0.3, 0.4) is 0 Å². The average molecular weight is 363 g/mol. The lowest BCUT2D eigenvalue weighted by Gasteiger charge is -2.12. The summed E-state index contributed by atoms with van der Waals surface area (Å²) < 4.78 is 2.03. The van der Waals surface area contributed by atoms with Gasteiger partial charge in [0.2, 0.25) is 5.91 Å². The fourth-order valence-corrected chi connectivity index (χ4v) is 2.99. The van der Waals surface area contributed by atoms with Gasteiger partial charge >= 0.3 is 0 Å². The average Bonchev–Trinajstić information content (AvgIpc) is 3.04. The van der Waals surface area contributed by atoms with Crippen molar-refractivity contribution in [2.75, 3.05) is 13.1 Å². The molecule has 3 aromatic rings. The maximum absolute atomic E-state index is 12.8. The summed E-state index contributed by atoms with van der Waals surface area (Å²) in [5.74, 6) is -0.211. The van der Waals surface area contributed by atoms with E-state index in [-0.39, 0.29) is 17.7 Å². The predicted molar refractivity (Wildman–Crippen MR) is 108 cm³/mol. The number of hydrogen-bond donors (Lipinski definition) is 2. The van der Waals surface area contributed by atoms with Crippen LogP contribution in [0.4, 0.5) is 0 Å². The van der Waals surface area contributed by atoms with E-state index in [1.54, 1.807) is 0 Å². The molecule has 0 aliphatic carbocycles. The van der Waals surface area contributed by atoms with Crippen LogP contribution in [0, 0.1) is 5.92 Å². The van der Waals surface area contributed by atoms with E-state index < -0.39 is 0 Å². The second-order valence-electron chi connectivity index (χ2n) is 6.86. The summed E-state index contributed by atoms with van der Waals surface area (Å²) in [5.41, 5.74) is 2.78. The number of fused-ring (bicyclic) bond motifs is 1. The Morgan fingerprint density at radius 3 is 2.33 bits per heavy atom. The maximum atomic E-state index is 12.8. The molecule has 0 atom stereocenters. The van der Waals surface area contributed by atoms with Gasteiger partial charge in [-0.1, -0.05) is 62.4 Å². The van der Waals surface area contributed by atoms with Crippen LogP contribution in [-0.4, -0.2) is 29.5 Å². The van der Waals surface area contributed by atoms with Crippen molar-refractivity contribution >= 4 is 22.7 Å². The highest BCUT2D eigenvalue weighted by Crippen LogP contribution is 2.21. The van der Waals surface area contributed by atoms with Crippen molar-refractivity contribution in [1.29, 1.82) is 0 Å². The first-order valence-corrected chi connectivity index (χ1v) is 9.24. The molecule has 2 aromatic carbocycles. The summed E-state index contributed by atoms with van der Waals surface area (Å²) in [6.07, 6.45) is 0. The Kier molecular flexibility index (Phi) is 5.91. The van der Waals surface area contributed by atoms with Gasteiger partial charge in [-0.3, -0.25) is 9.59 Å².